The Kier molecular flexibility index (Phi) is 3.26. The zero-order valence-electron chi connectivity index (χ0n) is 12.2. The minimum absolute atomic E-state index is 0.351. The lowest BCUT2D eigenvalue weighted by molar-refractivity contribution is 0.0971. The third-order valence-corrected chi connectivity index (χ3v) is 11.5. The zero-order chi connectivity index (χ0) is 13.6. The van der Waals surface area contributed by atoms with Gasteiger partial charge in [-0.15, -0.1) is 0 Å². The molecule has 0 amide bonds. The molecule has 0 N–H and O–H groups in total. The second-order valence-electron chi connectivity index (χ2n) is 7.16. The van der Waals surface area contributed by atoms with E-state index >= 15 is 0 Å². The van der Waals surface area contributed by atoms with Crippen molar-refractivity contribution in [2.24, 2.45) is 0 Å². The molecule has 0 bridgehead atoms. The highest BCUT2D eigenvalue weighted by Gasteiger charge is 2.44. The van der Waals surface area contributed by atoms with Crippen molar-refractivity contribution < 1.29 is 4.79 Å². The van der Waals surface area contributed by atoms with Gasteiger partial charge in [-0.3, -0.25) is 4.79 Å². The Hall–Kier alpha value is -0.893. The van der Waals surface area contributed by atoms with Crippen LogP contribution < -0.4 is 0 Å². The fourth-order valence-electron chi connectivity index (χ4n) is 2.76. The van der Waals surface area contributed by atoms with Crippen LogP contribution in [0, 0.1) is 0 Å². The smallest absolute Gasteiger partial charge is 0.163 e. The minimum Gasteiger partial charge on any atom is -0.294 e. The van der Waals surface area contributed by atoms with Crippen molar-refractivity contribution in [1.29, 1.82) is 0 Å². The standard InChI is InChI=1S/C16H24OSi/c1-16(2,3)18(4,5)13-10-12-8-6-7-9-14(12)15(17)11-13/h6-9,13H,10-11H2,1-5H3. The molecule has 1 nitrogen and oxygen atoms in total. The normalized spacial score (nSPS) is 20.7. The van der Waals surface area contributed by atoms with Crippen molar-refractivity contribution in [2.45, 2.75) is 57.3 Å². The summed E-state index contributed by atoms with van der Waals surface area (Å²) in [7, 11) is -1.44. The second-order valence-corrected chi connectivity index (χ2v) is 12.9. The lowest BCUT2D eigenvalue weighted by atomic mass is 9.90. The summed E-state index contributed by atoms with van der Waals surface area (Å²) >= 11 is 0. The van der Waals surface area contributed by atoms with Gasteiger partial charge >= 0.3 is 0 Å². The SMILES string of the molecule is CC(C)(C)[Si](C)(C)C1CC(=O)c2ccccc2C1. The quantitative estimate of drug-likeness (QED) is 0.669. The Labute approximate surface area is 112 Å². The van der Waals surface area contributed by atoms with Crippen LogP contribution in [0.4, 0.5) is 0 Å². The minimum atomic E-state index is -1.44. The van der Waals surface area contributed by atoms with Gasteiger partial charge in [-0.05, 0) is 22.6 Å². The Morgan fingerprint density at radius 3 is 2.33 bits per heavy atom. The van der Waals surface area contributed by atoms with E-state index in [0.717, 1.165) is 18.4 Å². The molecule has 0 saturated carbocycles. The molecule has 1 aliphatic rings. The molecule has 0 aliphatic heterocycles. The molecule has 98 valence electrons. The van der Waals surface area contributed by atoms with Gasteiger partial charge in [0.15, 0.2) is 5.78 Å². The summed E-state index contributed by atoms with van der Waals surface area (Å²) in [5.74, 6) is 0.353. The first-order valence-electron chi connectivity index (χ1n) is 6.84. The van der Waals surface area contributed by atoms with Gasteiger partial charge in [0, 0.05) is 12.0 Å². The van der Waals surface area contributed by atoms with E-state index in [2.05, 4.69) is 46.0 Å². The summed E-state index contributed by atoms with van der Waals surface area (Å²) in [6.45, 7) is 11.9. The van der Waals surface area contributed by atoms with Crippen LogP contribution in [0.1, 0.15) is 43.1 Å². The summed E-state index contributed by atoms with van der Waals surface area (Å²) in [6, 6.07) is 8.15. The zero-order valence-corrected chi connectivity index (χ0v) is 13.2. The number of carbonyl (C=O) groups is 1. The van der Waals surface area contributed by atoms with E-state index in [9.17, 15) is 4.79 Å². The van der Waals surface area contributed by atoms with E-state index in [1.807, 2.05) is 12.1 Å². The summed E-state index contributed by atoms with van der Waals surface area (Å²) in [4.78, 5) is 12.3. The number of ketones is 1. The number of hydrogen-bond acceptors (Lipinski definition) is 1. The van der Waals surface area contributed by atoms with E-state index in [-0.39, 0.29) is 0 Å². The summed E-state index contributed by atoms with van der Waals surface area (Å²) < 4.78 is 0. The van der Waals surface area contributed by atoms with Crippen LogP contribution in [-0.2, 0) is 6.42 Å². The highest BCUT2D eigenvalue weighted by Crippen LogP contribution is 2.48. The number of benzene rings is 1. The van der Waals surface area contributed by atoms with Crippen molar-refractivity contribution in [1.82, 2.24) is 0 Å². The first-order valence-corrected chi connectivity index (χ1v) is 9.92. The van der Waals surface area contributed by atoms with Gasteiger partial charge in [-0.25, -0.2) is 0 Å². The fourth-order valence-corrected chi connectivity index (χ4v) is 5.42. The van der Waals surface area contributed by atoms with Gasteiger partial charge in [0.2, 0.25) is 0 Å². The number of hydrogen-bond donors (Lipinski definition) is 0. The predicted molar refractivity (Wildman–Crippen MR) is 80.0 cm³/mol. The van der Waals surface area contributed by atoms with Crippen LogP contribution in [0.3, 0.4) is 0 Å². The average molecular weight is 260 g/mol. The second kappa shape index (κ2) is 4.34. The molecule has 0 saturated heterocycles. The molecule has 0 spiro atoms. The Balaban J connectivity index is 2.35. The molecule has 1 aromatic rings. The van der Waals surface area contributed by atoms with Gasteiger partial charge in [-0.1, -0.05) is 58.1 Å². The van der Waals surface area contributed by atoms with Gasteiger partial charge < -0.3 is 0 Å². The van der Waals surface area contributed by atoms with Gasteiger partial charge in [0.25, 0.3) is 0 Å². The monoisotopic (exact) mass is 260 g/mol. The van der Waals surface area contributed by atoms with Crippen LogP contribution in [0.2, 0.25) is 23.7 Å². The molecule has 1 atom stereocenters. The largest absolute Gasteiger partial charge is 0.294 e. The lowest BCUT2D eigenvalue weighted by Crippen LogP contribution is -2.45. The molecule has 1 unspecified atom stereocenters. The molecule has 0 radical (unpaired) electrons. The molecule has 0 heterocycles. The average Bonchev–Trinajstić information content (AvgIpc) is 2.27. The van der Waals surface area contributed by atoms with Crippen molar-refractivity contribution in [3.63, 3.8) is 0 Å². The van der Waals surface area contributed by atoms with Crippen molar-refractivity contribution in [2.75, 3.05) is 0 Å². The van der Waals surface area contributed by atoms with Gasteiger partial charge in [0.05, 0.1) is 8.07 Å². The topological polar surface area (TPSA) is 17.1 Å². The Morgan fingerprint density at radius 1 is 1.11 bits per heavy atom. The van der Waals surface area contributed by atoms with E-state index < -0.39 is 8.07 Å². The van der Waals surface area contributed by atoms with Crippen LogP contribution in [-0.4, -0.2) is 13.9 Å². The summed E-state index contributed by atoms with van der Waals surface area (Å²) in [5.41, 5.74) is 2.82. The molecule has 1 aliphatic carbocycles. The number of fused-ring (bicyclic) bond motifs is 1. The molecule has 0 fully saturated rings. The Bertz CT molecular complexity index is 468. The lowest BCUT2D eigenvalue weighted by Gasteiger charge is -2.44. The maximum absolute atomic E-state index is 12.3. The third kappa shape index (κ3) is 2.18. The van der Waals surface area contributed by atoms with Gasteiger partial charge in [-0.2, -0.15) is 0 Å². The molecular formula is C16H24OSi. The number of rotatable bonds is 1. The highest BCUT2D eigenvalue weighted by molar-refractivity contribution is 6.81. The number of carbonyl (C=O) groups excluding carboxylic acids is 1. The molecular weight excluding hydrogens is 236 g/mol. The third-order valence-electron chi connectivity index (χ3n) is 5.17. The molecule has 2 rings (SSSR count). The van der Waals surface area contributed by atoms with Crippen LogP contribution in [0.25, 0.3) is 0 Å². The first-order chi connectivity index (χ1) is 8.23. The molecule has 0 aromatic heterocycles. The van der Waals surface area contributed by atoms with Crippen molar-refractivity contribution in [3.8, 4) is 0 Å². The van der Waals surface area contributed by atoms with Crippen molar-refractivity contribution in [3.05, 3.63) is 35.4 Å². The predicted octanol–water partition coefficient (Wildman–Crippen LogP) is 4.69. The van der Waals surface area contributed by atoms with E-state index in [1.165, 1.54) is 5.56 Å². The molecule has 1 aromatic carbocycles. The summed E-state index contributed by atoms with van der Waals surface area (Å²) in [6.07, 6.45) is 1.85. The maximum Gasteiger partial charge on any atom is 0.163 e. The van der Waals surface area contributed by atoms with Crippen molar-refractivity contribution >= 4 is 13.9 Å². The molecule has 2 heteroatoms. The first kappa shape index (κ1) is 13.5. The van der Waals surface area contributed by atoms with Crippen LogP contribution in [0.5, 0.6) is 0 Å². The fraction of sp³-hybridized carbons (Fsp3) is 0.562. The maximum atomic E-state index is 12.3. The van der Waals surface area contributed by atoms with E-state index in [0.29, 0.717) is 16.4 Å². The van der Waals surface area contributed by atoms with E-state index in [4.69, 9.17) is 0 Å². The highest BCUT2D eigenvalue weighted by atomic mass is 28.3. The van der Waals surface area contributed by atoms with Crippen LogP contribution >= 0.6 is 0 Å². The van der Waals surface area contributed by atoms with Gasteiger partial charge in [0.1, 0.15) is 0 Å². The number of Topliss-reactive ketones (excluding diaryl/α,β-unsaturated/α-hetero) is 1. The van der Waals surface area contributed by atoms with E-state index in [1.54, 1.807) is 0 Å². The summed E-state index contributed by atoms with van der Waals surface area (Å²) in [5, 5.41) is 0.351. The molecule has 18 heavy (non-hydrogen) atoms. The van der Waals surface area contributed by atoms with Crippen LogP contribution in [0.15, 0.2) is 24.3 Å². The Morgan fingerprint density at radius 2 is 1.72 bits per heavy atom.